The van der Waals surface area contributed by atoms with Crippen LogP contribution in [0.5, 0.6) is 0 Å². The summed E-state index contributed by atoms with van der Waals surface area (Å²) in [6.07, 6.45) is 2.86. The van der Waals surface area contributed by atoms with Crippen molar-refractivity contribution in [1.82, 2.24) is 4.90 Å². The largest absolute Gasteiger partial charge is 0.390 e. The average Bonchev–Trinajstić information content (AvgIpc) is 1.59. The first-order valence-corrected chi connectivity index (χ1v) is 3.63. The summed E-state index contributed by atoms with van der Waals surface area (Å²) < 4.78 is 0. The molecule has 0 aliphatic heterocycles. The van der Waals surface area contributed by atoms with Gasteiger partial charge in [0.25, 0.3) is 0 Å². The highest BCUT2D eigenvalue weighted by molar-refractivity contribution is 4.84. The van der Waals surface area contributed by atoms with Crippen molar-refractivity contribution in [3.05, 3.63) is 6.42 Å². The molecule has 0 fully saturated rings. The molecule has 10 heavy (non-hydrogen) atoms. The molecule has 0 amide bonds. The number of rotatable bonds is 4. The Bertz CT molecular complexity index is 83.7. The Hall–Kier alpha value is -0.0800. The van der Waals surface area contributed by atoms with Crippen LogP contribution in [0, 0.1) is 6.42 Å². The summed E-state index contributed by atoms with van der Waals surface area (Å²) in [4.78, 5) is 2.10. The monoisotopic (exact) mass is 144 g/mol. The van der Waals surface area contributed by atoms with Gasteiger partial charge in [-0.05, 0) is 47.3 Å². The lowest BCUT2D eigenvalue weighted by atomic mass is 10.0. The first-order chi connectivity index (χ1) is 4.42. The van der Waals surface area contributed by atoms with E-state index in [2.05, 4.69) is 4.90 Å². The maximum absolute atomic E-state index is 9.26. The van der Waals surface area contributed by atoms with E-state index in [-0.39, 0.29) is 0 Å². The normalized spacial score (nSPS) is 12.6. The van der Waals surface area contributed by atoms with E-state index in [9.17, 15) is 5.11 Å². The minimum absolute atomic E-state index is 0.615. The summed E-state index contributed by atoms with van der Waals surface area (Å²) in [5, 5.41) is 9.26. The second-order valence-corrected chi connectivity index (χ2v) is 3.45. The van der Waals surface area contributed by atoms with Crippen LogP contribution in [0.15, 0.2) is 0 Å². The second-order valence-electron chi connectivity index (χ2n) is 3.45. The molecule has 0 saturated carbocycles. The molecule has 1 radical (unpaired) electrons. The highest BCUT2D eigenvalue weighted by Gasteiger charge is 2.11. The number of nitrogens with zero attached hydrogens (tertiary/aromatic N) is 1. The van der Waals surface area contributed by atoms with Crippen LogP contribution in [0.2, 0.25) is 0 Å². The predicted molar refractivity (Wildman–Crippen MR) is 43.8 cm³/mol. The number of hydrogen-bond donors (Lipinski definition) is 1. The molecule has 0 atom stereocenters. The molecule has 2 nitrogen and oxygen atoms in total. The van der Waals surface area contributed by atoms with Gasteiger partial charge in [-0.15, -0.1) is 0 Å². The lowest BCUT2D eigenvalue weighted by Gasteiger charge is -2.17. The maximum atomic E-state index is 9.26. The molecule has 2 heteroatoms. The minimum Gasteiger partial charge on any atom is -0.390 e. The van der Waals surface area contributed by atoms with E-state index in [0.717, 1.165) is 13.0 Å². The van der Waals surface area contributed by atoms with Crippen LogP contribution in [0.1, 0.15) is 20.3 Å². The van der Waals surface area contributed by atoms with Crippen LogP contribution in [0.3, 0.4) is 0 Å². The number of aliphatic hydroxyl groups is 1. The van der Waals surface area contributed by atoms with E-state index in [4.69, 9.17) is 0 Å². The number of hydrogen-bond acceptors (Lipinski definition) is 2. The van der Waals surface area contributed by atoms with Crippen molar-refractivity contribution in [2.24, 2.45) is 0 Å². The topological polar surface area (TPSA) is 23.5 Å². The summed E-state index contributed by atoms with van der Waals surface area (Å²) in [6.45, 7) is 4.59. The van der Waals surface area contributed by atoms with Crippen molar-refractivity contribution in [3.8, 4) is 0 Å². The fraction of sp³-hybridized carbons (Fsp3) is 0.875. The summed E-state index contributed by atoms with van der Waals surface area (Å²) in [5.74, 6) is 0. The maximum Gasteiger partial charge on any atom is 0.0624 e. The summed E-state index contributed by atoms with van der Waals surface area (Å²) in [6, 6.07) is 0. The Labute approximate surface area is 63.8 Å². The SMILES string of the molecule is CN(C)CC[CH]C(C)(C)O. The lowest BCUT2D eigenvalue weighted by Crippen LogP contribution is -2.22. The van der Waals surface area contributed by atoms with Gasteiger partial charge in [0.2, 0.25) is 0 Å². The molecular weight excluding hydrogens is 126 g/mol. The van der Waals surface area contributed by atoms with Crippen molar-refractivity contribution in [1.29, 1.82) is 0 Å². The fourth-order valence-corrected chi connectivity index (χ4v) is 0.676. The van der Waals surface area contributed by atoms with E-state index in [1.54, 1.807) is 13.8 Å². The summed E-state index contributed by atoms with van der Waals surface area (Å²) in [7, 11) is 4.05. The molecule has 0 heterocycles. The van der Waals surface area contributed by atoms with Gasteiger partial charge in [-0.2, -0.15) is 0 Å². The molecule has 0 unspecified atom stereocenters. The Morgan fingerprint density at radius 3 is 2.20 bits per heavy atom. The first-order valence-electron chi connectivity index (χ1n) is 3.63. The minimum atomic E-state index is -0.615. The molecule has 0 rings (SSSR count). The molecule has 0 saturated heterocycles. The van der Waals surface area contributed by atoms with E-state index in [1.165, 1.54) is 0 Å². The molecule has 0 aromatic carbocycles. The van der Waals surface area contributed by atoms with Crippen LogP contribution in [-0.4, -0.2) is 36.2 Å². The molecule has 1 N–H and O–H groups in total. The fourth-order valence-electron chi connectivity index (χ4n) is 0.676. The van der Waals surface area contributed by atoms with Gasteiger partial charge in [0.05, 0.1) is 5.60 Å². The zero-order valence-electron chi connectivity index (χ0n) is 7.39. The van der Waals surface area contributed by atoms with E-state index < -0.39 is 5.60 Å². The second kappa shape index (κ2) is 3.94. The first kappa shape index (κ1) is 9.92. The van der Waals surface area contributed by atoms with Gasteiger partial charge in [0, 0.05) is 0 Å². The zero-order chi connectivity index (χ0) is 8.20. The molecule has 0 aliphatic rings. The van der Waals surface area contributed by atoms with Crippen LogP contribution in [-0.2, 0) is 0 Å². The van der Waals surface area contributed by atoms with Crippen LogP contribution in [0.4, 0.5) is 0 Å². The van der Waals surface area contributed by atoms with E-state index in [0.29, 0.717) is 0 Å². The highest BCUT2D eigenvalue weighted by atomic mass is 16.3. The van der Waals surface area contributed by atoms with Gasteiger partial charge >= 0.3 is 0 Å². The van der Waals surface area contributed by atoms with Crippen molar-refractivity contribution >= 4 is 0 Å². The van der Waals surface area contributed by atoms with Crippen molar-refractivity contribution in [3.63, 3.8) is 0 Å². The van der Waals surface area contributed by atoms with Gasteiger partial charge in [-0.1, -0.05) is 0 Å². The van der Waals surface area contributed by atoms with Crippen LogP contribution >= 0.6 is 0 Å². The molecule has 0 aliphatic carbocycles. The quantitative estimate of drug-likeness (QED) is 0.634. The van der Waals surface area contributed by atoms with Gasteiger partial charge in [0.15, 0.2) is 0 Å². The Kier molecular flexibility index (Phi) is 3.91. The summed E-state index contributed by atoms with van der Waals surface area (Å²) >= 11 is 0. The Morgan fingerprint density at radius 1 is 1.40 bits per heavy atom. The Balaban J connectivity index is 3.21. The average molecular weight is 144 g/mol. The molecule has 0 aromatic rings. The van der Waals surface area contributed by atoms with E-state index >= 15 is 0 Å². The van der Waals surface area contributed by atoms with Crippen LogP contribution in [0.25, 0.3) is 0 Å². The van der Waals surface area contributed by atoms with Crippen molar-refractivity contribution < 1.29 is 5.11 Å². The predicted octanol–water partition coefficient (Wildman–Crippen LogP) is 0.913. The Morgan fingerprint density at radius 2 is 1.90 bits per heavy atom. The third-order valence-electron chi connectivity index (χ3n) is 1.22. The standard InChI is InChI=1S/C8H18NO/c1-8(2,10)6-5-7-9(3)4/h6,10H,5,7H2,1-4H3. The third kappa shape index (κ3) is 7.92. The summed E-state index contributed by atoms with van der Waals surface area (Å²) in [5.41, 5.74) is -0.615. The molecule has 61 valence electrons. The highest BCUT2D eigenvalue weighted by Crippen LogP contribution is 2.08. The van der Waals surface area contributed by atoms with Gasteiger partial charge in [-0.25, -0.2) is 0 Å². The van der Waals surface area contributed by atoms with Gasteiger partial charge in [0.1, 0.15) is 0 Å². The zero-order valence-corrected chi connectivity index (χ0v) is 7.39. The van der Waals surface area contributed by atoms with Gasteiger partial charge in [-0.3, -0.25) is 0 Å². The molecule has 0 aromatic heterocycles. The molecule has 0 spiro atoms. The smallest absolute Gasteiger partial charge is 0.0624 e. The van der Waals surface area contributed by atoms with Crippen LogP contribution < -0.4 is 0 Å². The molecular formula is C8H18NO. The van der Waals surface area contributed by atoms with Crippen molar-refractivity contribution in [2.45, 2.75) is 25.9 Å². The third-order valence-corrected chi connectivity index (χ3v) is 1.22. The molecule has 0 bridgehead atoms. The van der Waals surface area contributed by atoms with E-state index in [1.807, 2.05) is 20.5 Å². The lowest BCUT2D eigenvalue weighted by molar-refractivity contribution is 0.110. The van der Waals surface area contributed by atoms with Gasteiger partial charge < -0.3 is 10.0 Å². The van der Waals surface area contributed by atoms with Crippen molar-refractivity contribution in [2.75, 3.05) is 20.6 Å².